The van der Waals surface area contributed by atoms with Crippen LogP contribution in [0.1, 0.15) is 13.8 Å². The highest BCUT2D eigenvalue weighted by Crippen LogP contribution is 1.81. The molecule has 0 aliphatic heterocycles. The molecule has 62 valence electrons. The fraction of sp³-hybridized carbons (Fsp3) is 1.00. The average molecular weight is 167 g/mol. The first kappa shape index (κ1) is 10.2. The molecule has 0 fully saturated rings. The van der Waals surface area contributed by atoms with E-state index in [4.69, 9.17) is 16.7 Å². The molecule has 0 unspecified atom stereocenters. The molecule has 2 N–H and O–H groups in total. The van der Waals surface area contributed by atoms with Gasteiger partial charge in [0.2, 0.25) is 0 Å². The molecule has 10 heavy (non-hydrogen) atoms. The third kappa shape index (κ3) is 4.09. The van der Waals surface area contributed by atoms with E-state index in [0.717, 1.165) is 19.6 Å². The number of aliphatic hydroxyl groups excluding tert-OH is 1. The zero-order valence-corrected chi connectivity index (χ0v) is 7.49. The molecule has 0 rings (SSSR count). The van der Waals surface area contributed by atoms with Crippen molar-refractivity contribution in [1.82, 2.24) is 0 Å². The maximum atomic E-state index is 9.14. The number of nitrogens with one attached hydrogen (secondary N) is 1. The van der Waals surface area contributed by atoms with Gasteiger partial charge in [-0.1, -0.05) is 0 Å². The maximum Gasteiger partial charge on any atom is 0.116 e. The second kappa shape index (κ2) is 5.96. The zero-order valence-electron chi connectivity index (χ0n) is 6.73. The molecule has 0 aliphatic rings. The molecule has 0 heterocycles. The van der Waals surface area contributed by atoms with Gasteiger partial charge in [0.05, 0.1) is 19.0 Å². The van der Waals surface area contributed by atoms with E-state index >= 15 is 0 Å². The van der Waals surface area contributed by atoms with Crippen LogP contribution in [0.5, 0.6) is 0 Å². The molecule has 0 aromatic rings. The topological polar surface area (TPSA) is 24.7 Å². The van der Waals surface area contributed by atoms with Crippen LogP contribution in [0.2, 0.25) is 0 Å². The number of quaternary nitrogens is 1. The van der Waals surface area contributed by atoms with Crippen molar-refractivity contribution in [3.63, 3.8) is 0 Å². The van der Waals surface area contributed by atoms with Crippen LogP contribution in [0.3, 0.4) is 0 Å². The summed E-state index contributed by atoms with van der Waals surface area (Å²) >= 11 is 5.45. The lowest BCUT2D eigenvalue weighted by atomic mass is 10.3. The first-order valence-electron chi connectivity index (χ1n) is 3.82. The number of likely N-dealkylation sites (N-methyl/N-ethyl adjacent to an activating group) is 1. The normalized spacial score (nSPS) is 14.1. The van der Waals surface area contributed by atoms with Crippen LogP contribution in [-0.4, -0.2) is 36.7 Å². The largest absolute Gasteiger partial charge is 0.386 e. The summed E-state index contributed by atoms with van der Waals surface area (Å²) in [4.78, 5) is 1.40. The van der Waals surface area contributed by atoms with Crippen molar-refractivity contribution in [2.45, 2.75) is 20.0 Å². The van der Waals surface area contributed by atoms with Crippen LogP contribution >= 0.6 is 11.6 Å². The summed E-state index contributed by atoms with van der Waals surface area (Å²) in [7, 11) is 0. The fourth-order valence-corrected chi connectivity index (χ4v) is 1.04. The summed E-state index contributed by atoms with van der Waals surface area (Å²) in [6.45, 7) is 7.12. The first-order chi connectivity index (χ1) is 4.74. The van der Waals surface area contributed by atoms with Gasteiger partial charge in [-0.25, -0.2) is 0 Å². The molecule has 0 amide bonds. The van der Waals surface area contributed by atoms with E-state index in [1.54, 1.807) is 0 Å². The highest BCUT2D eigenvalue weighted by molar-refractivity contribution is 6.18. The number of aliphatic hydroxyl groups is 1. The number of rotatable bonds is 5. The summed E-state index contributed by atoms with van der Waals surface area (Å²) in [5.74, 6) is 0.351. The van der Waals surface area contributed by atoms with Gasteiger partial charge in [-0.05, 0) is 13.8 Å². The van der Waals surface area contributed by atoms with E-state index < -0.39 is 0 Å². The average Bonchev–Trinajstić information content (AvgIpc) is 1.99. The van der Waals surface area contributed by atoms with Crippen molar-refractivity contribution >= 4 is 11.6 Å². The minimum Gasteiger partial charge on any atom is -0.386 e. The van der Waals surface area contributed by atoms with Gasteiger partial charge < -0.3 is 10.0 Å². The predicted octanol–water partition coefficient (Wildman–Crippen LogP) is -0.489. The van der Waals surface area contributed by atoms with E-state index in [9.17, 15) is 0 Å². The Morgan fingerprint density at radius 2 is 1.90 bits per heavy atom. The number of hydrogen-bond donors (Lipinski definition) is 2. The Hall–Kier alpha value is 0.210. The van der Waals surface area contributed by atoms with Gasteiger partial charge in [-0.3, -0.25) is 0 Å². The second-order valence-corrected chi connectivity index (χ2v) is 2.78. The number of hydrogen-bond acceptors (Lipinski definition) is 1. The molecule has 0 aromatic heterocycles. The van der Waals surface area contributed by atoms with E-state index in [1.165, 1.54) is 4.90 Å². The van der Waals surface area contributed by atoms with Gasteiger partial charge in [0.1, 0.15) is 12.6 Å². The van der Waals surface area contributed by atoms with Gasteiger partial charge in [0.15, 0.2) is 0 Å². The lowest BCUT2D eigenvalue weighted by molar-refractivity contribution is -0.899. The Morgan fingerprint density at radius 1 is 1.40 bits per heavy atom. The van der Waals surface area contributed by atoms with Gasteiger partial charge in [0.25, 0.3) is 0 Å². The zero-order chi connectivity index (χ0) is 7.98. The van der Waals surface area contributed by atoms with E-state index in [-0.39, 0.29) is 6.10 Å². The Morgan fingerprint density at radius 3 is 2.20 bits per heavy atom. The SMILES string of the molecule is CC[NH+](CC)C[C@@H](O)CCl. The van der Waals surface area contributed by atoms with Gasteiger partial charge in [-0.15, -0.1) is 11.6 Å². The van der Waals surface area contributed by atoms with Crippen molar-refractivity contribution < 1.29 is 10.0 Å². The Balaban J connectivity index is 3.41. The van der Waals surface area contributed by atoms with Crippen molar-refractivity contribution in [3.8, 4) is 0 Å². The molecule has 0 aliphatic carbocycles. The van der Waals surface area contributed by atoms with Crippen LogP contribution in [0.4, 0.5) is 0 Å². The van der Waals surface area contributed by atoms with Crippen molar-refractivity contribution in [2.24, 2.45) is 0 Å². The lowest BCUT2D eigenvalue weighted by Crippen LogP contribution is -3.12. The monoisotopic (exact) mass is 166 g/mol. The Bertz CT molecular complexity index is 76.0. The first-order valence-corrected chi connectivity index (χ1v) is 4.35. The summed E-state index contributed by atoms with van der Waals surface area (Å²) in [6, 6.07) is 0. The molecule has 0 aromatic carbocycles. The van der Waals surface area contributed by atoms with Crippen molar-refractivity contribution in [3.05, 3.63) is 0 Å². The van der Waals surface area contributed by atoms with E-state index in [1.807, 2.05) is 0 Å². The summed E-state index contributed by atoms with van der Waals surface area (Å²) in [6.07, 6.45) is -0.337. The lowest BCUT2D eigenvalue weighted by Gasteiger charge is -2.17. The van der Waals surface area contributed by atoms with Gasteiger partial charge in [0, 0.05) is 0 Å². The Labute approximate surface area is 67.8 Å². The standard InChI is InChI=1S/C7H16ClNO/c1-3-9(4-2)6-7(10)5-8/h7,10H,3-6H2,1-2H3/p+1/t7-/m0/s1. The molecule has 0 saturated carbocycles. The van der Waals surface area contributed by atoms with Crippen LogP contribution in [0.25, 0.3) is 0 Å². The second-order valence-electron chi connectivity index (χ2n) is 2.47. The van der Waals surface area contributed by atoms with E-state index in [2.05, 4.69) is 13.8 Å². The van der Waals surface area contributed by atoms with Crippen LogP contribution < -0.4 is 4.90 Å². The molecule has 0 bridgehead atoms. The minimum atomic E-state index is -0.337. The fourth-order valence-electron chi connectivity index (χ4n) is 0.926. The molecule has 2 nitrogen and oxygen atoms in total. The predicted molar refractivity (Wildman–Crippen MR) is 43.6 cm³/mol. The highest BCUT2D eigenvalue weighted by atomic mass is 35.5. The molecular weight excluding hydrogens is 150 g/mol. The smallest absolute Gasteiger partial charge is 0.116 e. The highest BCUT2D eigenvalue weighted by Gasteiger charge is 2.09. The Kier molecular flexibility index (Phi) is 6.08. The number of alkyl halides is 1. The summed E-state index contributed by atoms with van der Waals surface area (Å²) in [5.41, 5.74) is 0. The maximum absolute atomic E-state index is 9.14. The molecule has 0 spiro atoms. The molecule has 1 atom stereocenters. The quantitative estimate of drug-likeness (QED) is 0.530. The third-order valence-corrected chi connectivity index (χ3v) is 2.06. The molecular formula is C7H17ClNO+. The van der Waals surface area contributed by atoms with Crippen LogP contribution in [0.15, 0.2) is 0 Å². The van der Waals surface area contributed by atoms with Crippen LogP contribution in [-0.2, 0) is 0 Å². The molecule has 0 radical (unpaired) electrons. The minimum absolute atomic E-state index is 0.337. The number of halogens is 1. The van der Waals surface area contributed by atoms with Gasteiger partial charge in [-0.2, -0.15) is 0 Å². The summed E-state index contributed by atoms with van der Waals surface area (Å²) in [5, 5.41) is 9.14. The van der Waals surface area contributed by atoms with Crippen molar-refractivity contribution in [2.75, 3.05) is 25.5 Å². The molecule has 0 saturated heterocycles. The summed E-state index contributed by atoms with van der Waals surface area (Å²) < 4.78 is 0. The molecule has 3 heteroatoms. The van der Waals surface area contributed by atoms with Crippen molar-refractivity contribution in [1.29, 1.82) is 0 Å². The van der Waals surface area contributed by atoms with Crippen LogP contribution in [0, 0.1) is 0 Å². The third-order valence-electron chi connectivity index (χ3n) is 1.70. The van der Waals surface area contributed by atoms with Gasteiger partial charge >= 0.3 is 0 Å². The van der Waals surface area contributed by atoms with E-state index in [0.29, 0.717) is 5.88 Å².